The van der Waals surface area contributed by atoms with Crippen molar-refractivity contribution in [2.24, 2.45) is 0 Å². The maximum absolute atomic E-state index is 14.1. The predicted octanol–water partition coefficient (Wildman–Crippen LogP) is 6.22. The lowest BCUT2D eigenvalue weighted by Gasteiger charge is -2.34. The summed E-state index contributed by atoms with van der Waals surface area (Å²) in [4.78, 5) is 28.9. The third-order valence-corrected chi connectivity index (χ3v) is 9.22. The zero-order valence-electron chi connectivity index (χ0n) is 23.1. The Balaban J connectivity index is 2.09. The molecule has 10 heteroatoms. The first-order valence-electron chi connectivity index (χ1n) is 13.2. The zero-order chi connectivity index (χ0) is 29.4. The van der Waals surface area contributed by atoms with Crippen LogP contribution in [-0.4, -0.2) is 43.8 Å². The van der Waals surface area contributed by atoms with Gasteiger partial charge < -0.3 is 10.2 Å². The molecule has 0 saturated heterocycles. The van der Waals surface area contributed by atoms with Crippen LogP contribution in [0.1, 0.15) is 44.7 Å². The van der Waals surface area contributed by atoms with Crippen LogP contribution in [0, 0.1) is 6.92 Å². The molecule has 3 rings (SSSR count). The third kappa shape index (κ3) is 7.56. The van der Waals surface area contributed by atoms with Gasteiger partial charge in [-0.3, -0.25) is 13.9 Å². The molecule has 0 aliphatic rings. The molecule has 0 aromatic heterocycles. The molecule has 0 saturated carbocycles. The molecule has 1 N–H and O–H groups in total. The molecule has 2 amide bonds. The van der Waals surface area contributed by atoms with Gasteiger partial charge in [0.05, 0.1) is 20.6 Å². The van der Waals surface area contributed by atoms with E-state index in [1.165, 1.54) is 23.1 Å². The van der Waals surface area contributed by atoms with Crippen LogP contribution in [0.3, 0.4) is 0 Å². The maximum Gasteiger partial charge on any atom is 0.264 e. The Morgan fingerprint density at radius 3 is 2.23 bits per heavy atom. The number of halogens is 2. The van der Waals surface area contributed by atoms with Gasteiger partial charge in [-0.05, 0) is 56.5 Å². The fraction of sp³-hybridized carbons (Fsp3) is 0.333. The number of anilines is 1. The highest BCUT2D eigenvalue weighted by Gasteiger charge is 2.34. The van der Waals surface area contributed by atoms with Crippen molar-refractivity contribution in [3.63, 3.8) is 0 Å². The molecule has 3 aromatic rings. The number of benzene rings is 3. The van der Waals surface area contributed by atoms with Crippen molar-refractivity contribution in [3.8, 4) is 0 Å². The van der Waals surface area contributed by atoms with Crippen LogP contribution in [0.5, 0.6) is 0 Å². The number of amides is 2. The van der Waals surface area contributed by atoms with Gasteiger partial charge >= 0.3 is 0 Å². The van der Waals surface area contributed by atoms with E-state index in [0.717, 1.165) is 21.9 Å². The van der Waals surface area contributed by atoms with Crippen molar-refractivity contribution in [1.82, 2.24) is 10.2 Å². The first-order chi connectivity index (χ1) is 19.0. The number of rotatable bonds is 12. The molecule has 0 aliphatic heterocycles. The van der Waals surface area contributed by atoms with E-state index in [9.17, 15) is 18.0 Å². The number of sulfonamides is 1. The Kier molecular flexibility index (Phi) is 11.0. The standard InChI is InChI=1S/C30H35Cl2N3O4S/c1-5-22(4)33-30(37)26(6-2)34(19-23-13-10-12-21(3)18-23)28(36)20-35(27-17-11-16-25(31)29(27)32)40(38,39)24-14-8-7-9-15-24/h7-18,22,26H,5-6,19-20H2,1-4H3,(H,33,37)/t22-,26+/m0/s1. The van der Waals surface area contributed by atoms with E-state index in [2.05, 4.69) is 5.32 Å². The Morgan fingerprint density at radius 2 is 1.60 bits per heavy atom. The molecule has 0 unspecified atom stereocenters. The monoisotopic (exact) mass is 603 g/mol. The molecule has 0 heterocycles. The van der Waals surface area contributed by atoms with Crippen molar-refractivity contribution in [2.45, 2.75) is 64.1 Å². The summed E-state index contributed by atoms with van der Waals surface area (Å²) in [5.74, 6) is -0.848. The van der Waals surface area contributed by atoms with Crippen molar-refractivity contribution < 1.29 is 18.0 Å². The van der Waals surface area contributed by atoms with Gasteiger partial charge in [-0.2, -0.15) is 0 Å². The largest absolute Gasteiger partial charge is 0.352 e. The Morgan fingerprint density at radius 1 is 0.925 bits per heavy atom. The highest BCUT2D eigenvalue weighted by molar-refractivity contribution is 7.92. The molecule has 3 aromatic carbocycles. The van der Waals surface area contributed by atoms with Crippen LogP contribution in [0.4, 0.5) is 5.69 Å². The number of hydrogen-bond donors (Lipinski definition) is 1. The summed E-state index contributed by atoms with van der Waals surface area (Å²) < 4.78 is 28.7. The topological polar surface area (TPSA) is 86.8 Å². The summed E-state index contributed by atoms with van der Waals surface area (Å²) >= 11 is 12.7. The number of carbonyl (C=O) groups excluding carboxylic acids is 2. The summed E-state index contributed by atoms with van der Waals surface area (Å²) in [5, 5.41) is 3.12. The van der Waals surface area contributed by atoms with Crippen LogP contribution < -0.4 is 9.62 Å². The van der Waals surface area contributed by atoms with Crippen molar-refractivity contribution in [1.29, 1.82) is 0 Å². The molecule has 0 spiro atoms. The normalized spacial score (nSPS) is 12.8. The van der Waals surface area contributed by atoms with E-state index in [0.29, 0.717) is 6.42 Å². The van der Waals surface area contributed by atoms with Crippen molar-refractivity contribution in [3.05, 3.63) is 94.0 Å². The second-order valence-electron chi connectivity index (χ2n) is 9.65. The minimum atomic E-state index is -4.23. The lowest BCUT2D eigenvalue weighted by Crippen LogP contribution is -2.53. The van der Waals surface area contributed by atoms with E-state index in [4.69, 9.17) is 23.2 Å². The SMILES string of the molecule is CC[C@H](C(=O)N[C@@H](C)CC)N(Cc1cccc(C)c1)C(=O)CN(c1cccc(Cl)c1Cl)S(=O)(=O)c1ccccc1. The van der Waals surface area contributed by atoms with Gasteiger partial charge in [0.1, 0.15) is 12.6 Å². The van der Waals surface area contributed by atoms with E-state index in [-0.39, 0.29) is 39.1 Å². The van der Waals surface area contributed by atoms with Gasteiger partial charge in [-0.25, -0.2) is 8.42 Å². The molecule has 0 aliphatic carbocycles. The summed E-state index contributed by atoms with van der Waals surface area (Å²) in [5.41, 5.74) is 1.89. The lowest BCUT2D eigenvalue weighted by atomic mass is 10.1. The van der Waals surface area contributed by atoms with Crippen molar-refractivity contribution in [2.75, 3.05) is 10.8 Å². The van der Waals surface area contributed by atoms with E-state index < -0.39 is 28.5 Å². The van der Waals surface area contributed by atoms with Gasteiger partial charge in [0.25, 0.3) is 10.0 Å². The van der Waals surface area contributed by atoms with Crippen LogP contribution in [0.15, 0.2) is 77.7 Å². The van der Waals surface area contributed by atoms with Crippen LogP contribution in [0.2, 0.25) is 10.0 Å². The molecule has 2 atom stereocenters. The average Bonchev–Trinajstić information content (AvgIpc) is 2.93. The predicted molar refractivity (Wildman–Crippen MR) is 161 cm³/mol. The molecular formula is C30H35Cl2N3O4S. The number of nitrogens with zero attached hydrogens (tertiary/aromatic N) is 2. The smallest absolute Gasteiger partial charge is 0.264 e. The summed E-state index contributed by atoms with van der Waals surface area (Å²) in [6.07, 6.45) is 1.06. The maximum atomic E-state index is 14.1. The molecular weight excluding hydrogens is 569 g/mol. The fourth-order valence-electron chi connectivity index (χ4n) is 4.29. The summed E-state index contributed by atoms with van der Waals surface area (Å²) in [6.45, 7) is 7.16. The van der Waals surface area contributed by atoms with Gasteiger partial charge in [-0.1, -0.05) is 91.1 Å². The Hall–Kier alpha value is -3.07. The fourth-order valence-corrected chi connectivity index (χ4v) is 6.18. The Labute approximate surface area is 247 Å². The lowest BCUT2D eigenvalue weighted by molar-refractivity contribution is -0.140. The summed E-state index contributed by atoms with van der Waals surface area (Å²) in [7, 11) is -4.23. The highest BCUT2D eigenvalue weighted by Crippen LogP contribution is 2.35. The highest BCUT2D eigenvalue weighted by atomic mass is 35.5. The molecule has 0 radical (unpaired) electrons. The van der Waals surface area contributed by atoms with Gasteiger partial charge in [-0.15, -0.1) is 0 Å². The molecule has 0 fully saturated rings. The van der Waals surface area contributed by atoms with Gasteiger partial charge in [0, 0.05) is 12.6 Å². The van der Waals surface area contributed by atoms with Crippen LogP contribution in [0.25, 0.3) is 0 Å². The van der Waals surface area contributed by atoms with Gasteiger partial charge in [0.2, 0.25) is 11.8 Å². The Bertz CT molecular complexity index is 1430. The third-order valence-electron chi connectivity index (χ3n) is 6.63. The van der Waals surface area contributed by atoms with E-state index >= 15 is 0 Å². The minimum absolute atomic E-state index is 0.00302. The summed E-state index contributed by atoms with van der Waals surface area (Å²) in [6, 6.07) is 19.1. The quantitative estimate of drug-likeness (QED) is 0.266. The number of nitrogens with one attached hydrogen (secondary N) is 1. The molecule has 7 nitrogen and oxygen atoms in total. The van der Waals surface area contributed by atoms with E-state index in [1.54, 1.807) is 30.3 Å². The molecule has 40 heavy (non-hydrogen) atoms. The minimum Gasteiger partial charge on any atom is -0.352 e. The molecule has 0 bridgehead atoms. The van der Waals surface area contributed by atoms with Crippen LogP contribution in [-0.2, 0) is 26.2 Å². The number of hydrogen-bond acceptors (Lipinski definition) is 4. The number of aryl methyl sites for hydroxylation is 1. The first kappa shape index (κ1) is 31.5. The number of carbonyl (C=O) groups is 2. The second kappa shape index (κ2) is 14.0. The van der Waals surface area contributed by atoms with Crippen molar-refractivity contribution >= 4 is 50.7 Å². The van der Waals surface area contributed by atoms with E-state index in [1.807, 2.05) is 52.0 Å². The first-order valence-corrected chi connectivity index (χ1v) is 15.4. The van der Waals surface area contributed by atoms with Gasteiger partial charge in [0.15, 0.2) is 0 Å². The van der Waals surface area contributed by atoms with Crippen LogP contribution >= 0.6 is 23.2 Å². The second-order valence-corrected chi connectivity index (χ2v) is 12.3. The zero-order valence-corrected chi connectivity index (χ0v) is 25.4. The molecule has 214 valence electrons. The average molecular weight is 605 g/mol.